The van der Waals surface area contributed by atoms with Gasteiger partial charge >= 0.3 is 0 Å². The zero-order chi connectivity index (χ0) is 13.2. The van der Waals surface area contributed by atoms with Crippen LogP contribution in [0.3, 0.4) is 0 Å². The maximum Gasteiger partial charge on any atom is 0.113 e. The molecule has 0 saturated carbocycles. The van der Waals surface area contributed by atoms with Crippen molar-refractivity contribution in [2.45, 2.75) is 20.3 Å². The highest BCUT2D eigenvalue weighted by Gasteiger charge is 2.15. The summed E-state index contributed by atoms with van der Waals surface area (Å²) in [6.07, 6.45) is 5.18. The summed E-state index contributed by atoms with van der Waals surface area (Å²) >= 11 is 0. The molecule has 1 saturated heterocycles. The number of nitrogens with one attached hydrogen (secondary N) is 1. The van der Waals surface area contributed by atoms with E-state index in [1.165, 1.54) is 17.0 Å². The number of aromatic nitrogens is 2. The topological polar surface area (TPSA) is 32.6 Å². The molecule has 0 spiro atoms. The minimum Gasteiger partial charge on any atom is -0.367 e. The van der Waals surface area contributed by atoms with Gasteiger partial charge in [-0.05, 0) is 18.1 Å². The van der Waals surface area contributed by atoms with E-state index < -0.39 is 0 Å². The van der Waals surface area contributed by atoms with Gasteiger partial charge in [-0.15, -0.1) is 0 Å². The third kappa shape index (κ3) is 2.45. The van der Waals surface area contributed by atoms with Crippen LogP contribution in [0.5, 0.6) is 0 Å². The quantitative estimate of drug-likeness (QED) is 0.913. The molecule has 1 aliphatic heterocycles. The van der Waals surface area contributed by atoms with Crippen molar-refractivity contribution < 1.29 is 0 Å². The molecule has 0 aromatic carbocycles. The van der Waals surface area contributed by atoms with Crippen LogP contribution in [0.25, 0.3) is 5.52 Å². The second-order valence-electron chi connectivity index (χ2n) is 5.66. The van der Waals surface area contributed by atoms with E-state index in [9.17, 15) is 0 Å². The van der Waals surface area contributed by atoms with Crippen LogP contribution in [0.2, 0.25) is 0 Å². The summed E-state index contributed by atoms with van der Waals surface area (Å²) < 4.78 is 2.25. The maximum atomic E-state index is 4.61. The minimum atomic E-state index is 0.633. The Morgan fingerprint density at radius 1 is 1.32 bits per heavy atom. The molecule has 0 amide bonds. The van der Waals surface area contributed by atoms with Gasteiger partial charge in [0.2, 0.25) is 0 Å². The van der Waals surface area contributed by atoms with Gasteiger partial charge in [0, 0.05) is 38.8 Å². The Balaban J connectivity index is 1.99. The van der Waals surface area contributed by atoms with Crippen molar-refractivity contribution in [2.75, 3.05) is 31.1 Å². The lowest BCUT2D eigenvalue weighted by Crippen LogP contribution is -2.43. The molecular weight excluding hydrogens is 236 g/mol. The fourth-order valence-corrected chi connectivity index (χ4v) is 2.75. The standard InChI is InChI=1S/C15H22N4/c1-12(2)10-15-17-11-14-13(4-3-7-19(14)15)18-8-5-16-6-9-18/h3-4,7,11-12,16H,5-6,8-10H2,1-2H3. The Labute approximate surface area is 114 Å². The van der Waals surface area contributed by atoms with Gasteiger partial charge in [0.25, 0.3) is 0 Å². The predicted molar refractivity (Wildman–Crippen MR) is 78.8 cm³/mol. The first kappa shape index (κ1) is 12.5. The number of hydrogen-bond donors (Lipinski definition) is 1. The van der Waals surface area contributed by atoms with Gasteiger partial charge < -0.3 is 14.6 Å². The van der Waals surface area contributed by atoms with Gasteiger partial charge in [0.15, 0.2) is 0 Å². The van der Waals surface area contributed by atoms with E-state index in [2.05, 4.69) is 51.8 Å². The lowest BCUT2D eigenvalue weighted by Gasteiger charge is -2.29. The number of imidazole rings is 1. The first-order valence-corrected chi connectivity index (χ1v) is 7.16. The fraction of sp³-hybridized carbons (Fsp3) is 0.533. The van der Waals surface area contributed by atoms with Crippen LogP contribution in [0.1, 0.15) is 19.7 Å². The monoisotopic (exact) mass is 258 g/mol. The van der Waals surface area contributed by atoms with Gasteiger partial charge in [0.1, 0.15) is 5.82 Å². The van der Waals surface area contributed by atoms with E-state index in [-0.39, 0.29) is 0 Å². The third-order valence-electron chi connectivity index (χ3n) is 3.67. The average Bonchev–Trinajstić information content (AvgIpc) is 2.82. The van der Waals surface area contributed by atoms with E-state index in [1.54, 1.807) is 0 Å². The lowest BCUT2D eigenvalue weighted by molar-refractivity contribution is 0.589. The highest BCUT2D eigenvalue weighted by Crippen LogP contribution is 2.23. The van der Waals surface area contributed by atoms with Crippen LogP contribution >= 0.6 is 0 Å². The molecule has 4 nitrogen and oxygen atoms in total. The van der Waals surface area contributed by atoms with Crippen molar-refractivity contribution in [2.24, 2.45) is 5.92 Å². The average molecular weight is 258 g/mol. The normalized spacial score (nSPS) is 16.5. The number of rotatable bonds is 3. The molecule has 1 fully saturated rings. The summed E-state index contributed by atoms with van der Waals surface area (Å²) in [5.41, 5.74) is 2.55. The van der Waals surface area contributed by atoms with Gasteiger partial charge in [-0.25, -0.2) is 4.98 Å². The predicted octanol–water partition coefficient (Wildman–Crippen LogP) is 1.94. The minimum absolute atomic E-state index is 0.633. The molecule has 0 radical (unpaired) electrons. The van der Waals surface area contributed by atoms with Crippen molar-refractivity contribution in [3.63, 3.8) is 0 Å². The van der Waals surface area contributed by atoms with Gasteiger partial charge in [0.05, 0.1) is 17.4 Å². The Morgan fingerprint density at radius 2 is 2.11 bits per heavy atom. The second-order valence-corrected chi connectivity index (χ2v) is 5.66. The van der Waals surface area contributed by atoms with E-state index >= 15 is 0 Å². The summed E-state index contributed by atoms with van der Waals surface area (Å²) in [5.74, 6) is 1.80. The zero-order valence-electron chi connectivity index (χ0n) is 11.8. The van der Waals surface area contributed by atoms with E-state index in [0.29, 0.717) is 5.92 Å². The van der Waals surface area contributed by atoms with Gasteiger partial charge in [-0.3, -0.25) is 0 Å². The van der Waals surface area contributed by atoms with Crippen molar-refractivity contribution in [1.82, 2.24) is 14.7 Å². The molecule has 0 aliphatic carbocycles. The molecule has 2 aromatic rings. The molecule has 3 rings (SSSR count). The van der Waals surface area contributed by atoms with Crippen molar-refractivity contribution >= 4 is 11.2 Å². The van der Waals surface area contributed by atoms with Crippen LogP contribution in [-0.2, 0) is 6.42 Å². The van der Waals surface area contributed by atoms with Crippen LogP contribution in [0, 0.1) is 5.92 Å². The molecular formula is C15H22N4. The Kier molecular flexibility index (Phi) is 3.42. The van der Waals surface area contributed by atoms with Crippen LogP contribution in [0.15, 0.2) is 24.5 Å². The smallest absolute Gasteiger partial charge is 0.113 e. The molecule has 4 heteroatoms. The van der Waals surface area contributed by atoms with Crippen LogP contribution < -0.4 is 10.2 Å². The number of nitrogens with zero attached hydrogens (tertiary/aromatic N) is 3. The Morgan fingerprint density at radius 3 is 2.84 bits per heavy atom. The number of anilines is 1. The number of fused-ring (bicyclic) bond motifs is 1. The molecule has 1 N–H and O–H groups in total. The second kappa shape index (κ2) is 5.21. The fourth-order valence-electron chi connectivity index (χ4n) is 2.75. The number of pyridine rings is 1. The van der Waals surface area contributed by atoms with Crippen LogP contribution in [-0.4, -0.2) is 35.6 Å². The van der Waals surface area contributed by atoms with Gasteiger partial charge in [-0.1, -0.05) is 13.8 Å². The molecule has 1 aliphatic rings. The molecule has 0 unspecified atom stereocenters. The Bertz CT molecular complexity index is 552. The largest absolute Gasteiger partial charge is 0.367 e. The van der Waals surface area contributed by atoms with Crippen molar-refractivity contribution in [3.8, 4) is 0 Å². The van der Waals surface area contributed by atoms with E-state index in [4.69, 9.17) is 0 Å². The Hall–Kier alpha value is -1.55. The summed E-state index contributed by atoms with van der Waals surface area (Å²) in [4.78, 5) is 7.06. The first-order valence-electron chi connectivity index (χ1n) is 7.16. The van der Waals surface area contributed by atoms with Crippen LogP contribution in [0.4, 0.5) is 5.69 Å². The summed E-state index contributed by atoms with van der Waals surface area (Å²) in [5, 5.41) is 3.40. The highest BCUT2D eigenvalue weighted by atomic mass is 15.2. The van der Waals surface area contributed by atoms with Gasteiger partial charge in [-0.2, -0.15) is 0 Å². The summed E-state index contributed by atoms with van der Waals surface area (Å²) in [6.45, 7) is 8.75. The zero-order valence-corrected chi connectivity index (χ0v) is 11.8. The molecule has 0 bridgehead atoms. The maximum absolute atomic E-state index is 4.61. The number of hydrogen-bond acceptors (Lipinski definition) is 3. The lowest BCUT2D eigenvalue weighted by atomic mass is 10.1. The summed E-state index contributed by atoms with van der Waals surface area (Å²) in [7, 11) is 0. The van der Waals surface area contributed by atoms with Crippen molar-refractivity contribution in [3.05, 3.63) is 30.4 Å². The SMILES string of the molecule is CC(C)Cc1ncc2c(N3CCNCC3)cccn12. The van der Waals surface area contributed by atoms with E-state index in [1.807, 2.05) is 6.20 Å². The molecule has 102 valence electrons. The number of piperazine rings is 1. The first-order chi connectivity index (χ1) is 9.25. The van der Waals surface area contributed by atoms with Crippen molar-refractivity contribution in [1.29, 1.82) is 0 Å². The summed E-state index contributed by atoms with van der Waals surface area (Å²) in [6, 6.07) is 4.34. The van der Waals surface area contributed by atoms with E-state index in [0.717, 1.165) is 32.6 Å². The molecule has 19 heavy (non-hydrogen) atoms. The molecule has 3 heterocycles. The third-order valence-corrected chi connectivity index (χ3v) is 3.67. The molecule has 2 aromatic heterocycles. The molecule has 0 atom stereocenters. The highest BCUT2D eigenvalue weighted by molar-refractivity contribution is 5.73.